The van der Waals surface area contributed by atoms with Gasteiger partial charge in [-0.05, 0) is 52.3 Å². The van der Waals surface area contributed by atoms with Gasteiger partial charge in [0.25, 0.3) is 0 Å². The number of nitrogens with zero attached hydrogens (tertiary/aromatic N) is 1. The summed E-state index contributed by atoms with van der Waals surface area (Å²) in [5.41, 5.74) is 0.751. The Hall–Kier alpha value is -2.34. The Morgan fingerprint density at radius 2 is 2.05 bits per heavy atom. The van der Waals surface area contributed by atoms with Crippen molar-refractivity contribution in [3.63, 3.8) is 0 Å². The highest BCUT2D eigenvalue weighted by molar-refractivity contribution is 9.10. The van der Waals surface area contributed by atoms with Gasteiger partial charge in [0.05, 0.1) is 14.2 Å². The normalized spacial score (nSPS) is 10.5. The van der Waals surface area contributed by atoms with Gasteiger partial charge in [-0.25, -0.2) is 4.98 Å². The summed E-state index contributed by atoms with van der Waals surface area (Å²) >= 11 is 3.29. The Labute approximate surface area is 137 Å². The van der Waals surface area contributed by atoms with E-state index < -0.39 is 0 Å². The van der Waals surface area contributed by atoms with E-state index in [1.54, 1.807) is 56.8 Å². The van der Waals surface area contributed by atoms with Gasteiger partial charge in [0.15, 0.2) is 0 Å². The Morgan fingerprint density at radius 3 is 2.68 bits per heavy atom. The van der Waals surface area contributed by atoms with Crippen molar-refractivity contribution in [3.05, 3.63) is 52.6 Å². The highest BCUT2D eigenvalue weighted by Gasteiger charge is 2.04. The molecule has 0 aliphatic heterocycles. The molecule has 2 rings (SSSR count). The first-order valence-corrected chi connectivity index (χ1v) is 7.24. The Bertz CT molecular complexity index is 684. The van der Waals surface area contributed by atoms with E-state index in [0.29, 0.717) is 17.3 Å². The molecule has 0 aliphatic rings. The number of amides is 1. The highest BCUT2D eigenvalue weighted by atomic mass is 79.9. The molecule has 5 nitrogen and oxygen atoms in total. The molecule has 22 heavy (non-hydrogen) atoms. The van der Waals surface area contributed by atoms with Crippen molar-refractivity contribution in [2.24, 2.45) is 0 Å². The molecule has 1 heterocycles. The number of halogens is 1. The Kier molecular flexibility index (Phi) is 5.55. The van der Waals surface area contributed by atoms with Gasteiger partial charge in [0.1, 0.15) is 17.3 Å². The topological polar surface area (TPSA) is 60.5 Å². The van der Waals surface area contributed by atoms with Crippen LogP contribution in [-0.4, -0.2) is 25.1 Å². The van der Waals surface area contributed by atoms with E-state index in [1.165, 1.54) is 6.08 Å². The fraction of sp³-hybridized carbons (Fsp3) is 0.125. The van der Waals surface area contributed by atoms with Crippen LogP contribution in [0.2, 0.25) is 0 Å². The SMILES string of the molecule is COc1ccc(OC)c(/C=C/C(=O)Nc2ccc(Br)cn2)c1. The van der Waals surface area contributed by atoms with Crippen molar-refractivity contribution < 1.29 is 14.3 Å². The number of ether oxygens (including phenoxy) is 2. The molecule has 1 aromatic heterocycles. The predicted molar refractivity (Wildman–Crippen MR) is 89.1 cm³/mol. The minimum atomic E-state index is -0.278. The Morgan fingerprint density at radius 1 is 1.23 bits per heavy atom. The van der Waals surface area contributed by atoms with Gasteiger partial charge in [0, 0.05) is 22.3 Å². The summed E-state index contributed by atoms with van der Waals surface area (Å²) in [7, 11) is 3.16. The van der Waals surface area contributed by atoms with Crippen molar-refractivity contribution in [1.82, 2.24) is 4.98 Å². The van der Waals surface area contributed by atoms with E-state index in [9.17, 15) is 4.79 Å². The summed E-state index contributed by atoms with van der Waals surface area (Å²) in [4.78, 5) is 16.0. The van der Waals surface area contributed by atoms with Crippen LogP contribution in [0, 0.1) is 0 Å². The fourth-order valence-electron chi connectivity index (χ4n) is 1.75. The molecule has 0 aliphatic carbocycles. The summed E-state index contributed by atoms with van der Waals surface area (Å²) in [6, 6.07) is 8.88. The first-order valence-electron chi connectivity index (χ1n) is 6.45. The number of carbonyl (C=O) groups excluding carboxylic acids is 1. The summed E-state index contributed by atoms with van der Waals surface area (Å²) in [5.74, 6) is 1.55. The molecule has 0 fully saturated rings. The molecule has 0 saturated carbocycles. The molecular formula is C16H15BrN2O3. The standard InChI is InChI=1S/C16H15BrN2O3/c1-21-13-5-6-14(22-2)11(9-13)3-8-16(20)19-15-7-4-12(17)10-18-15/h3-10H,1-2H3,(H,18,19,20)/b8-3+. The minimum Gasteiger partial charge on any atom is -0.497 e. The van der Waals surface area contributed by atoms with E-state index in [2.05, 4.69) is 26.2 Å². The molecule has 1 amide bonds. The van der Waals surface area contributed by atoms with E-state index in [0.717, 1.165) is 10.0 Å². The average Bonchev–Trinajstić information content (AvgIpc) is 2.54. The van der Waals surface area contributed by atoms with Crippen LogP contribution in [-0.2, 0) is 4.79 Å². The van der Waals surface area contributed by atoms with Gasteiger partial charge in [0.2, 0.25) is 5.91 Å². The van der Waals surface area contributed by atoms with Crippen LogP contribution in [0.1, 0.15) is 5.56 Å². The maximum atomic E-state index is 11.9. The predicted octanol–water partition coefficient (Wildman–Crippen LogP) is 3.51. The van der Waals surface area contributed by atoms with Crippen molar-refractivity contribution in [2.45, 2.75) is 0 Å². The van der Waals surface area contributed by atoms with Crippen LogP contribution >= 0.6 is 15.9 Å². The molecule has 6 heteroatoms. The quantitative estimate of drug-likeness (QED) is 0.826. The third kappa shape index (κ3) is 4.33. The molecule has 0 spiro atoms. The zero-order chi connectivity index (χ0) is 15.9. The third-order valence-corrected chi connectivity index (χ3v) is 3.30. The number of aromatic nitrogens is 1. The second-order valence-corrected chi connectivity index (χ2v) is 5.21. The van der Waals surface area contributed by atoms with Gasteiger partial charge in [-0.1, -0.05) is 0 Å². The van der Waals surface area contributed by atoms with E-state index in [1.807, 2.05) is 0 Å². The first-order chi connectivity index (χ1) is 10.6. The highest BCUT2D eigenvalue weighted by Crippen LogP contribution is 2.25. The van der Waals surface area contributed by atoms with Gasteiger partial charge in [-0.2, -0.15) is 0 Å². The number of anilines is 1. The summed E-state index contributed by atoms with van der Waals surface area (Å²) in [6.07, 6.45) is 4.70. The largest absolute Gasteiger partial charge is 0.497 e. The maximum absolute atomic E-state index is 11.9. The van der Waals surface area contributed by atoms with Crippen LogP contribution in [0.3, 0.4) is 0 Å². The second-order valence-electron chi connectivity index (χ2n) is 4.29. The molecule has 114 valence electrons. The van der Waals surface area contributed by atoms with Gasteiger partial charge < -0.3 is 14.8 Å². The molecule has 1 aromatic carbocycles. The lowest BCUT2D eigenvalue weighted by Crippen LogP contribution is -2.08. The first kappa shape index (κ1) is 16.0. The van der Waals surface area contributed by atoms with Gasteiger partial charge in [-0.15, -0.1) is 0 Å². The number of rotatable bonds is 5. The minimum absolute atomic E-state index is 0.278. The number of carbonyl (C=O) groups is 1. The monoisotopic (exact) mass is 362 g/mol. The van der Waals surface area contributed by atoms with Gasteiger partial charge >= 0.3 is 0 Å². The van der Waals surface area contributed by atoms with Crippen molar-refractivity contribution in [1.29, 1.82) is 0 Å². The van der Waals surface area contributed by atoms with Crippen LogP contribution in [0.5, 0.6) is 11.5 Å². The second kappa shape index (κ2) is 7.61. The number of hydrogen-bond donors (Lipinski definition) is 1. The Balaban J connectivity index is 2.10. The molecule has 0 radical (unpaired) electrons. The molecule has 1 N–H and O–H groups in total. The molecule has 0 unspecified atom stereocenters. The van der Waals surface area contributed by atoms with E-state index >= 15 is 0 Å². The molecule has 2 aromatic rings. The zero-order valence-electron chi connectivity index (χ0n) is 12.2. The van der Waals surface area contributed by atoms with E-state index in [4.69, 9.17) is 9.47 Å². The summed E-state index contributed by atoms with van der Waals surface area (Å²) < 4.78 is 11.3. The zero-order valence-corrected chi connectivity index (χ0v) is 13.8. The van der Waals surface area contributed by atoms with E-state index in [-0.39, 0.29) is 5.91 Å². The number of methoxy groups -OCH3 is 2. The average molecular weight is 363 g/mol. The molecule has 0 saturated heterocycles. The van der Waals surface area contributed by atoms with Crippen molar-refractivity contribution >= 4 is 33.7 Å². The van der Waals surface area contributed by atoms with Gasteiger partial charge in [-0.3, -0.25) is 4.79 Å². The molecular weight excluding hydrogens is 348 g/mol. The molecule has 0 atom stereocenters. The van der Waals surface area contributed by atoms with Crippen LogP contribution < -0.4 is 14.8 Å². The smallest absolute Gasteiger partial charge is 0.249 e. The lowest BCUT2D eigenvalue weighted by molar-refractivity contribution is -0.111. The fourth-order valence-corrected chi connectivity index (χ4v) is 1.99. The van der Waals surface area contributed by atoms with Crippen molar-refractivity contribution in [3.8, 4) is 11.5 Å². The lowest BCUT2D eigenvalue weighted by atomic mass is 10.1. The van der Waals surface area contributed by atoms with Crippen LogP contribution in [0.25, 0.3) is 6.08 Å². The van der Waals surface area contributed by atoms with Crippen LogP contribution in [0.15, 0.2) is 47.1 Å². The lowest BCUT2D eigenvalue weighted by Gasteiger charge is -2.07. The number of nitrogens with one attached hydrogen (secondary N) is 1. The number of hydrogen-bond acceptors (Lipinski definition) is 4. The summed E-state index contributed by atoms with van der Waals surface area (Å²) in [6.45, 7) is 0. The number of benzene rings is 1. The number of pyridine rings is 1. The van der Waals surface area contributed by atoms with Crippen molar-refractivity contribution in [2.75, 3.05) is 19.5 Å². The summed E-state index contributed by atoms with van der Waals surface area (Å²) in [5, 5.41) is 2.68. The molecule has 0 bridgehead atoms. The van der Waals surface area contributed by atoms with Crippen LogP contribution in [0.4, 0.5) is 5.82 Å². The third-order valence-electron chi connectivity index (χ3n) is 2.83. The maximum Gasteiger partial charge on any atom is 0.249 e.